The zero-order valence-electron chi connectivity index (χ0n) is 16.5. The molecule has 0 atom stereocenters. The second-order valence-electron chi connectivity index (χ2n) is 7.22. The van der Waals surface area contributed by atoms with Gasteiger partial charge in [0.2, 0.25) is 5.91 Å². The summed E-state index contributed by atoms with van der Waals surface area (Å²) < 4.78 is 5.80. The summed E-state index contributed by atoms with van der Waals surface area (Å²) in [5.41, 5.74) is 1.17. The molecule has 2 aromatic carbocycles. The van der Waals surface area contributed by atoms with Gasteiger partial charge in [0.1, 0.15) is 12.1 Å². The van der Waals surface area contributed by atoms with Crippen LogP contribution in [0.4, 0.5) is 10.5 Å². The Balaban J connectivity index is 1.93. The lowest BCUT2D eigenvalue weighted by atomic mass is 10.1. The van der Waals surface area contributed by atoms with Gasteiger partial charge in [0, 0.05) is 16.7 Å². The summed E-state index contributed by atoms with van der Waals surface area (Å²) in [6.07, 6.45) is -0.665. The fourth-order valence-electron chi connectivity index (χ4n) is 2.37. The Kier molecular flexibility index (Phi) is 7.78. The monoisotopic (exact) mass is 461 g/mol. The first-order chi connectivity index (χ1) is 13.7. The Labute approximate surface area is 178 Å². The standard InChI is InChI=1S/C21H24BrN3O4/c1-21(2,3)29-20(28)24-13-18(26)25-17-11-7-4-8-14(17)12-23-19(27)15-9-5-6-10-16(15)22/h4-11H,12-13H2,1-3H3,(H,23,27)(H,24,28)(H,25,26). The van der Waals surface area contributed by atoms with Crippen molar-refractivity contribution in [1.82, 2.24) is 10.6 Å². The van der Waals surface area contributed by atoms with Crippen molar-refractivity contribution in [3.8, 4) is 0 Å². The van der Waals surface area contributed by atoms with Gasteiger partial charge in [-0.3, -0.25) is 9.59 Å². The van der Waals surface area contributed by atoms with Crippen LogP contribution >= 0.6 is 15.9 Å². The molecule has 3 N–H and O–H groups in total. The van der Waals surface area contributed by atoms with Gasteiger partial charge in [-0.1, -0.05) is 30.3 Å². The van der Waals surface area contributed by atoms with Crippen molar-refractivity contribution in [1.29, 1.82) is 0 Å². The summed E-state index contributed by atoms with van der Waals surface area (Å²) in [6, 6.07) is 14.2. The van der Waals surface area contributed by atoms with Crippen molar-refractivity contribution < 1.29 is 19.1 Å². The smallest absolute Gasteiger partial charge is 0.408 e. The topological polar surface area (TPSA) is 96.5 Å². The Morgan fingerprint density at radius 1 is 0.966 bits per heavy atom. The zero-order chi connectivity index (χ0) is 21.4. The lowest BCUT2D eigenvalue weighted by molar-refractivity contribution is -0.115. The quantitative estimate of drug-likeness (QED) is 0.608. The predicted molar refractivity (Wildman–Crippen MR) is 115 cm³/mol. The van der Waals surface area contributed by atoms with E-state index >= 15 is 0 Å². The van der Waals surface area contributed by atoms with Gasteiger partial charge < -0.3 is 20.7 Å². The van der Waals surface area contributed by atoms with Crippen LogP contribution in [0, 0.1) is 0 Å². The second kappa shape index (κ2) is 10.1. The second-order valence-corrected chi connectivity index (χ2v) is 8.08. The van der Waals surface area contributed by atoms with Crippen LogP contribution in [0.2, 0.25) is 0 Å². The number of carbonyl (C=O) groups excluding carboxylic acids is 3. The number of benzene rings is 2. The molecule has 0 aliphatic carbocycles. The molecule has 0 heterocycles. The number of hydrogen-bond donors (Lipinski definition) is 3. The number of ether oxygens (including phenoxy) is 1. The maximum absolute atomic E-state index is 12.4. The molecule has 7 nitrogen and oxygen atoms in total. The van der Waals surface area contributed by atoms with Gasteiger partial charge in [-0.15, -0.1) is 0 Å². The highest BCUT2D eigenvalue weighted by atomic mass is 79.9. The first-order valence-corrected chi connectivity index (χ1v) is 9.82. The molecule has 0 aliphatic rings. The van der Waals surface area contributed by atoms with Gasteiger partial charge in [0.25, 0.3) is 5.91 Å². The van der Waals surface area contributed by atoms with Crippen molar-refractivity contribution >= 4 is 39.5 Å². The maximum atomic E-state index is 12.4. The zero-order valence-corrected chi connectivity index (χ0v) is 18.1. The molecule has 3 amide bonds. The normalized spacial score (nSPS) is 10.8. The molecule has 0 aromatic heterocycles. The molecule has 0 saturated heterocycles. The van der Waals surface area contributed by atoms with Crippen molar-refractivity contribution in [3.05, 3.63) is 64.1 Å². The van der Waals surface area contributed by atoms with Crippen LogP contribution < -0.4 is 16.0 Å². The molecule has 2 rings (SSSR count). The number of anilines is 1. The minimum Gasteiger partial charge on any atom is -0.444 e. The summed E-state index contributed by atoms with van der Waals surface area (Å²) in [5.74, 6) is -0.634. The van der Waals surface area contributed by atoms with E-state index in [1.165, 1.54) is 0 Å². The molecule has 154 valence electrons. The molecule has 0 unspecified atom stereocenters. The van der Waals surface area contributed by atoms with Crippen LogP contribution in [0.3, 0.4) is 0 Å². The van der Waals surface area contributed by atoms with Crippen LogP contribution in [0.1, 0.15) is 36.7 Å². The number of alkyl carbamates (subject to hydrolysis) is 1. The fraction of sp³-hybridized carbons (Fsp3) is 0.286. The average molecular weight is 462 g/mol. The van der Waals surface area contributed by atoms with E-state index in [2.05, 4.69) is 31.9 Å². The highest BCUT2D eigenvalue weighted by molar-refractivity contribution is 9.10. The molecule has 8 heteroatoms. The van der Waals surface area contributed by atoms with Gasteiger partial charge in [-0.25, -0.2) is 4.79 Å². The Morgan fingerprint density at radius 2 is 1.62 bits per heavy atom. The summed E-state index contributed by atoms with van der Waals surface area (Å²) >= 11 is 3.35. The largest absolute Gasteiger partial charge is 0.444 e. The fourth-order valence-corrected chi connectivity index (χ4v) is 2.84. The van der Waals surface area contributed by atoms with Crippen LogP contribution in [-0.4, -0.2) is 30.1 Å². The van der Waals surface area contributed by atoms with E-state index in [0.29, 0.717) is 15.7 Å². The summed E-state index contributed by atoms with van der Waals surface area (Å²) in [4.78, 5) is 36.2. The summed E-state index contributed by atoms with van der Waals surface area (Å²) in [6.45, 7) is 5.23. The molecule has 0 saturated carbocycles. The van der Waals surface area contributed by atoms with Crippen molar-refractivity contribution in [2.24, 2.45) is 0 Å². The minimum absolute atomic E-state index is 0.230. The average Bonchev–Trinajstić information content (AvgIpc) is 2.64. The maximum Gasteiger partial charge on any atom is 0.408 e. The van der Waals surface area contributed by atoms with Crippen molar-refractivity contribution in [2.45, 2.75) is 32.9 Å². The number of halogens is 1. The van der Waals surface area contributed by atoms with E-state index in [1.807, 2.05) is 12.1 Å². The van der Waals surface area contributed by atoms with E-state index in [-0.39, 0.29) is 19.0 Å². The van der Waals surface area contributed by atoms with Crippen molar-refractivity contribution in [2.75, 3.05) is 11.9 Å². The lowest BCUT2D eigenvalue weighted by Gasteiger charge is -2.19. The Bertz CT molecular complexity index is 893. The Hall–Kier alpha value is -2.87. The lowest BCUT2D eigenvalue weighted by Crippen LogP contribution is -2.37. The van der Waals surface area contributed by atoms with Gasteiger partial charge in [-0.05, 0) is 60.5 Å². The highest BCUT2D eigenvalue weighted by Gasteiger charge is 2.17. The SMILES string of the molecule is CC(C)(C)OC(=O)NCC(=O)Nc1ccccc1CNC(=O)c1ccccc1Br. The third kappa shape index (κ3) is 7.57. The van der Waals surface area contributed by atoms with Gasteiger partial charge in [0.05, 0.1) is 5.56 Å². The predicted octanol–water partition coefficient (Wildman–Crippen LogP) is 3.84. The van der Waals surface area contributed by atoms with E-state index in [9.17, 15) is 14.4 Å². The first-order valence-electron chi connectivity index (χ1n) is 9.03. The molecule has 0 spiro atoms. The van der Waals surface area contributed by atoms with Crippen LogP contribution in [-0.2, 0) is 16.1 Å². The highest BCUT2D eigenvalue weighted by Crippen LogP contribution is 2.17. The molecule has 0 aliphatic heterocycles. The third-order valence-corrected chi connectivity index (χ3v) is 4.33. The number of hydrogen-bond acceptors (Lipinski definition) is 4. The van der Waals surface area contributed by atoms with Gasteiger partial charge in [0.15, 0.2) is 0 Å². The van der Waals surface area contributed by atoms with E-state index < -0.39 is 17.6 Å². The van der Waals surface area contributed by atoms with Crippen LogP contribution in [0.25, 0.3) is 0 Å². The minimum atomic E-state index is -0.665. The number of amides is 3. The first kappa shape index (κ1) is 22.4. The third-order valence-electron chi connectivity index (χ3n) is 3.64. The van der Waals surface area contributed by atoms with Crippen LogP contribution in [0.15, 0.2) is 53.0 Å². The Morgan fingerprint density at radius 3 is 2.31 bits per heavy atom. The van der Waals surface area contributed by atoms with E-state index in [4.69, 9.17) is 4.74 Å². The number of para-hydroxylation sites is 1. The molecular formula is C21H24BrN3O4. The molecule has 29 heavy (non-hydrogen) atoms. The van der Waals surface area contributed by atoms with Gasteiger partial charge in [-0.2, -0.15) is 0 Å². The summed E-state index contributed by atoms with van der Waals surface area (Å²) in [5, 5.41) is 7.98. The van der Waals surface area contributed by atoms with E-state index in [1.54, 1.807) is 57.2 Å². The molecule has 0 fully saturated rings. The summed E-state index contributed by atoms with van der Waals surface area (Å²) in [7, 11) is 0. The number of rotatable bonds is 6. The molecular weight excluding hydrogens is 438 g/mol. The molecule has 2 aromatic rings. The molecule has 0 radical (unpaired) electrons. The number of nitrogens with one attached hydrogen (secondary N) is 3. The van der Waals surface area contributed by atoms with Crippen molar-refractivity contribution in [3.63, 3.8) is 0 Å². The van der Waals surface area contributed by atoms with Crippen LogP contribution in [0.5, 0.6) is 0 Å². The van der Waals surface area contributed by atoms with Gasteiger partial charge >= 0.3 is 6.09 Å². The van der Waals surface area contributed by atoms with E-state index in [0.717, 1.165) is 5.56 Å². The number of carbonyl (C=O) groups is 3. The molecule has 0 bridgehead atoms.